The minimum absolute atomic E-state index is 0.0177. The molecule has 1 saturated heterocycles. The van der Waals surface area contributed by atoms with Crippen molar-refractivity contribution < 1.29 is 24.2 Å². The molecule has 3 heterocycles. The zero-order chi connectivity index (χ0) is 23.2. The van der Waals surface area contributed by atoms with Crippen LogP contribution in [0.15, 0.2) is 90.8 Å². The van der Waals surface area contributed by atoms with Gasteiger partial charge in [-0.3, -0.25) is 19.5 Å². The molecule has 2 aliphatic rings. The maximum absolute atomic E-state index is 13.3. The van der Waals surface area contributed by atoms with Crippen molar-refractivity contribution in [3.05, 3.63) is 102 Å². The van der Waals surface area contributed by atoms with Crippen LogP contribution in [0.3, 0.4) is 0 Å². The molecule has 1 atom stereocenters. The number of Topliss-reactive ketones (excluding diaryl/α,β-unsaturated/α-hetero) is 1. The number of aliphatic hydroxyl groups excluding tert-OH is 1. The first-order chi connectivity index (χ1) is 16.6. The Bertz CT molecular complexity index is 1500. The van der Waals surface area contributed by atoms with Crippen LogP contribution in [0.2, 0.25) is 0 Å². The minimum Gasteiger partial charge on any atom is -0.507 e. The van der Waals surface area contributed by atoms with Gasteiger partial charge in [0, 0.05) is 29.7 Å². The number of aliphatic hydroxyl groups is 1. The zero-order valence-corrected chi connectivity index (χ0v) is 17.8. The quantitative estimate of drug-likeness (QED) is 0.279. The van der Waals surface area contributed by atoms with Crippen LogP contribution in [0, 0.1) is 0 Å². The first kappa shape index (κ1) is 20.0. The highest BCUT2D eigenvalue weighted by Crippen LogP contribution is 2.44. The van der Waals surface area contributed by atoms with E-state index in [4.69, 9.17) is 9.47 Å². The van der Waals surface area contributed by atoms with Gasteiger partial charge >= 0.3 is 0 Å². The number of aromatic nitrogens is 1. The first-order valence-electron chi connectivity index (χ1n) is 10.7. The Hall–Kier alpha value is -4.65. The third-order valence-electron chi connectivity index (χ3n) is 6.12. The Morgan fingerprint density at radius 1 is 0.882 bits per heavy atom. The largest absolute Gasteiger partial charge is 0.507 e. The summed E-state index contributed by atoms with van der Waals surface area (Å²) in [7, 11) is 0. The van der Waals surface area contributed by atoms with Crippen LogP contribution in [0.1, 0.15) is 17.2 Å². The van der Waals surface area contributed by atoms with E-state index in [1.165, 1.54) is 4.90 Å². The second kappa shape index (κ2) is 7.74. The minimum atomic E-state index is -0.838. The Kier molecular flexibility index (Phi) is 4.55. The SMILES string of the molecule is O=C1C(=O)N(c2ccc3c(c2)OCO3)C(c2ccncc2)/C1=C(/O)c1ccc2ccccc2c1. The number of carbonyl (C=O) groups is 2. The molecule has 166 valence electrons. The van der Waals surface area contributed by atoms with Crippen molar-refractivity contribution in [3.63, 3.8) is 0 Å². The van der Waals surface area contributed by atoms with Crippen LogP contribution in [0.4, 0.5) is 5.69 Å². The van der Waals surface area contributed by atoms with Gasteiger partial charge in [0.25, 0.3) is 11.7 Å². The molecule has 0 saturated carbocycles. The molecule has 1 fully saturated rings. The number of amides is 1. The summed E-state index contributed by atoms with van der Waals surface area (Å²) in [5.74, 6) is -0.665. The van der Waals surface area contributed by atoms with E-state index in [2.05, 4.69) is 4.98 Å². The number of ketones is 1. The number of hydrogen-bond donors (Lipinski definition) is 1. The van der Waals surface area contributed by atoms with Crippen molar-refractivity contribution in [1.82, 2.24) is 4.98 Å². The van der Waals surface area contributed by atoms with E-state index in [1.54, 1.807) is 48.8 Å². The van der Waals surface area contributed by atoms with Crippen molar-refractivity contribution in [3.8, 4) is 11.5 Å². The normalized spacial score (nSPS) is 18.6. The number of hydrogen-bond acceptors (Lipinski definition) is 6. The van der Waals surface area contributed by atoms with Gasteiger partial charge in [0.05, 0.1) is 11.6 Å². The molecule has 34 heavy (non-hydrogen) atoms. The number of pyridine rings is 1. The van der Waals surface area contributed by atoms with E-state index in [9.17, 15) is 14.7 Å². The first-order valence-corrected chi connectivity index (χ1v) is 10.7. The van der Waals surface area contributed by atoms with Crippen molar-refractivity contribution in [2.75, 3.05) is 11.7 Å². The van der Waals surface area contributed by atoms with E-state index in [0.29, 0.717) is 28.3 Å². The molecular formula is C27H18N2O5. The monoisotopic (exact) mass is 450 g/mol. The fraction of sp³-hybridized carbons (Fsp3) is 0.0741. The number of nitrogens with zero attached hydrogens (tertiary/aromatic N) is 2. The van der Waals surface area contributed by atoms with Gasteiger partial charge in [0.15, 0.2) is 11.5 Å². The summed E-state index contributed by atoms with van der Waals surface area (Å²) in [5.41, 5.74) is 1.59. The lowest BCUT2D eigenvalue weighted by Crippen LogP contribution is -2.29. The molecule has 1 unspecified atom stereocenters. The summed E-state index contributed by atoms with van der Waals surface area (Å²) in [6.45, 7) is 0.0906. The third-order valence-corrected chi connectivity index (χ3v) is 6.12. The molecule has 0 spiro atoms. The van der Waals surface area contributed by atoms with Crippen LogP contribution in [0.5, 0.6) is 11.5 Å². The van der Waals surface area contributed by atoms with Gasteiger partial charge in [-0.1, -0.05) is 36.4 Å². The fourth-order valence-corrected chi connectivity index (χ4v) is 4.49. The highest BCUT2D eigenvalue weighted by Gasteiger charge is 2.47. The molecular weight excluding hydrogens is 432 g/mol. The Balaban J connectivity index is 1.54. The summed E-state index contributed by atoms with van der Waals surface area (Å²) < 4.78 is 10.8. The number of carbonyl (C=O) groups excluding carboxylic acids is 2. The molecule has 0 bridgehead atoms. The molecule has 1 aromatic heterocycles. The molecule has 2 aliphatic heterocycles. The van der Waals surface area contributed by atoms with Gasteiger partial charge in [0.2, 0.25) is 6.79 Å². The second-order valence-corrected chi connectivity index (χ2v) is 8.05. The number of fused-ring (bicyclic) bond motifs is 2. The summed E-state index contributed by atoms with van der Waals surface area (Å²) in [5, 5.41) is 13.3. The highest BCUT2D eigenvalue weighted by molar-refractivity contribution is 6.51. The topological polar surface area (TPSA) is 89.0 Å². The van der Waals surface area contributed by atoms with Gasteiger partial charge in [-0.15, -0.1) is 0 Å². The number of benzene rings is 3. The Morgan fingerprint density at radius 2 is 1.65 bits per heavy atom. The average Bonchev–Trinajstić information content (AvgIpc) is 3.45. The summed E-state index contributed by atoms with van der Waals surface area (Å²) >= 11 is 0. The molecule has 6 rings (SSSR count). The lowest BCUT2D eigenvalue weighted by Gasteiger charge is -2.25. The van der Waals surface area contributed by atoms with E-state index in [0.717, 1.165) is 10.8 Å². The van der Waals surface area contributed by atoms with E-state index in [1.807, 2.05) is 36.4 Å². The maximum Gasteiger partial charge on any atom is 0.300 e. The second-order valence-electron chi connectivity index (χ2n) is 8.05. The van der Waals surface area contributed by atoms with Crippen molar-refractivity contribution in [2.45, 2.75) is 6.04 Å². The van der Waals surface area contributed by atoms with Crippen LogP contribution in [-0.2, 0) is 9.59 Å². The van der Waals surface area contributed by atoms with Crippen molar-refractivity contribution in [1.29, 1.82) is 0 Å². The van der Waals surface area contributed by atoms with Crippen LogP contribution >= 0.6 is 0 Å². The number of anilines is 1. The van der Waals surface area contributed by atoms with E-state index in [-0.39, 0.29) is 18.1 Å². The van der Waals surface area contributed by atoms with Crippen LogP contribution in [0.25, 0.3) is 16.5 Å². The number of ether oxygens (including phenoxy) is 2. The molecule has 4 aromatic rings. The predicted molar refractivity (Wildman–Crippen MR) is 126 cm³/mol. The van der Waals surface area contributed by atoms with E-state index >= 15 is 0 Å². The smallest absolute Gasteiger partial charge is 0.300 e. The van der Waals surface area contributed by atoms with Gasteiger partial charge < -0.3 is 14.6 Å². The highest BCUT2D eigenvalue weighted by atomic mass is 16.7. The van der Waals surface area contributed by atoms with Crippen LogP contribution in [-0.4, -0.2) is 28.6 Å². The van der Waals surface area contributed by atoms with E-state index < -0.39 is 17.7 Å². The van der Waals surface area contributed by atoms with Crippen LogP contribution < -0.4 is 14.4 Å². The molecule has 0 radical (unpaired) electrons. The molecule has 1 N–H and O–H groups in total. The van der Waals surface area contributed by atoms with Gasteiger partial charge in [-0.2, -0.15) is 0 Å². The summed E-state index contributed by atoms with van der Waals surface area (Å²) in [6.07, 6.45) is 3.18. The van der Waals surface area contributed by atoms with Crippen molar-refractivity contribution >= 4 is 33.9 Å². The zero-order valence-electron chi connectivity index (χ0n) is 17.8. The molecule has 7 nitrogen and oxygen atoms in total. The molecule has 7 heteroatoms. The molecule has 3 aromatic carbocycles. The Morgan fingerprint density at radius 3 is 2.47 bits per heavy atom. The van der Waals surface area contributed by atoms with Gasteiger partial charge in [0.1, 0.15) is 5.76 Å². The predicted octanol–water partition coefficient (Wildman–Crippen LogP) is 4.59. The standard InChI is InChI=1S/C27H18N2O5/c30-25(19-6-5-16-3-1-2-4-18(16)13-19)23-24(17-9-11-28-12-10-17)29(27(32)26(23)31)20-7-8-21-22(14-20)34-15-33-21/h1-14,24,30H,15H2/b25-23-. The van der Waals surface area contributed by atoms with Gasteiger partial charge in [-0.05, 0) is 46.7 Å². The lowest BCUT2D eigenvalue weighted by molar-refractivity contribution is -0.132. The van der Waals surface area contributed by atoms with Crippen molar-refractivity contribution in [2.24, 2.45) is 0 Å². The molecule has 0 aliphatic carbocycles. The summed E-state index contributed by atoms with van der Waals surface area (Å²) in [4.78, 5) is 32.0. The lowest BCUT2D eigenvalue weighted by atomic mass is 9.95. The average molecular weight is 450 g/mol. The number of rotatable bonds is 3. The molecule has 1 amide bonds. The third kappa shape index (κ3) is 3.09. The maximum atomic E-state index is 13.3. The fourth-order valence-electron chi connectivity index (χ4n) is 4.49. The Labute approximate surface area is 194 Å². The summed E-state index contributed by atoms with van der Waals surface area (Å²) in [6, 6.07) is 20.8. The van der Waals surface area contributed by atoms with Gasteiger partial charge in [-0.25, -0.2) is 0 Å².